The van der Waals surface area contributed by atoms with E-state index >= 15 is 0 Å². The smallest absolute Gasteiger partial charge is 0.230 e. The fourth-order valence-electron chi connectivity index (χ4n) is 7.27. The van der Waals surface area contributed by atoms with Crippen molar-refractivity contribution in [2.75, 3.05) is 0 Å². The lowest BCUT2D eigenvalue weighted by atomic mass is 9.53. The fourth-order valence-corrected chi connectivity index (χ4v) is 7.27. The second-order valence-electron chi connectivity index (χ2n) is 11.1. The number of carbonyl (C=O) groups is 4. The van der Waals surface area contributed by atoms with Gasteiger partial charge in [-0.15, -0.1) is 0 Å². The van der Waals surface area contributed by atoms with Gasteiger partial charge in [0.1, 0.15) is 17.4 Å². The molecule has 0 spiro atoms. The average Bonchev–Trinajstić information content (AvgIpc) is 2.94. The van der Waals surface area contributed by atoms with Crippen molar-refractivity contribution in [3.63, 3.8) is 0 Å². The first kappa shape index (κ1) is 26.8. The first-order valence-corrected chi connectivity index (χ1v) is 13.2. The number of aromatic hydroxyl groups is 1. The van der Waals surface area contributed by atoms with Gasteiger partial charge in [-0.1, -0.05) is 49.4 Å². The van der Waals surface area contributed by atoms with E-state index in [1.54, 1.807) is 43.3 Å². The highest BCUT2D eigenvalue weighted by Crippen LogP contribution is 2.57. The predicted octanol–water partition coefficient (Wildman–Crippen LogP) is 1.75. The number of ketones is 2. The number of benzene rings is 3. The van der Waals surface area contributed by atoms with Gasteiger partial charge in [-0.2, -0.15) is 0 Å². The van der Waals surface area contributed by atoms with Crippen LogP contribution < -0.4 is 5.73 Å². The second-order valence-corrected chi connectivity index (χ2v) is 11.1. The Hall–Kier alpha value is -4.38. The third-order valence-electron chi connectivity index (χ3n) is 9.17. The molecular formula is C31H27NO9. The number of aldehydes is 1. The van der Waals surface area contributed by atoms with Gasteiger partial charge in [-0.25, -0.2) is 0 Å². The molecule has 210 valence electrons. The third-order valence-corrected chi connectivity index (χ3v) is 9.17. The van der Waals surface area contributed by atoms with Crippen LogP contribution >= 0.6 is 0 Å². The largest absolute Gasteiger partial charge is 0.507 e. The summed E-state index contributed by atoms with van der Waals surface area (Å²) >= 11 is 0. The molecule has 6 rings (SSSR count). The number of amides is 1. The predicted molar refractivity (Wildman–Crippen MR) is 146 cm³/mol. The third kappa shape index (κ3) is 3.41. The first-order valence-electron chi connectivity index (χ1n) is 13.2. The summed E-state index contributed by atoms with van der Waals surface area (Å²) in [5.74, 6) is -10.1. The lowest BCUT2D eigenvalue weighted by molar-refractivity contribution is -0.186. The van der Waals surface area contributed by atoms with Crippen LogP contribution in [0.25, 0.3) is 27.7 Å². The van der Waals surface area contributed by atoms with Gasteiger partial charge in [0.25, 0.3) is 0 Å². The molecule has 3 aliphatic rings. The monoisotopic (exact) mass is 557 g/mol. The van der Waals surface area contributed by atoms with E-state index in [-0.39, 0.29) is 11.3 Å². The van der Waals surface area contributed by atoms with Crippen molar-refractivity contribution >= 4 is 40.3 Å². The summed E-state index contributed by atoms with van der Waals surface area (Å²) in [5.41, 5.74) is 3.95. The molecule has 0 aliphatic heterocycles. The van der Waals surface area contributed by atoms with Crippen LogP contribution in [0.5, 0.6) is 5.75 Å². The number of primary amides is 1. The summed E-state index contributed by atoms with van der Waals surface area (Å²) in [7, 11) is 0. The van der Waals surface area contributed by atoms with Crippen molar-refractivity contribution < 1.29 is 44.7 Å². The maximum atomic E-state index is 13.9. The summed E-state index contributed by atoms with van der Waals surface area (Å²) in [6.07, 6.45) is -2.94. The highest BCUT2D eigenvalue weighted by molar-refractivity contribution is 6.25. The SMILES string of the molecule is C[C@H]1c2c(-c3ccc(C=O)c4ccccc34)ccc(O)c2C(O)=C2C(=O)[C@]3(O)C(=O)C(C(N)=O)C(O)C[C@@H]3[C@@H](O)[C@@H]21. The van der Waals surface area contributed by atoms with Crippen LogP contribution in [0.2, 0.25) is 0 Å². The number of phenolic OH excluding ortho intramolecular Hbond substituents is 1. The average molecular weight is 558 g/mol. The second kappa shape index (κ2) is 9.07. The molecule has 41 heavy (non-hydrogen) atoms. The van der Waals surface area contributed by atoms with Gasteiger partial charge in [-0.3, -0.25) is 19.2 Å². The summed E-state index contributed by atoms with van der Waals surface area (Å²) in [6, 6.07) is 13.6. The highest BCUT2D eigenvalue weighted by Gasteiger charge is 2.67. The number of hydrogen-bond donors (Lipinski definition) is 6. The topological polar surface area (TPSA) is 195 Å². The quantitative estimate of drug-likeness (QED) is 0.205. The van der Waals surface area contributed by atoms with E-state index in [2.05, 4.69) is 0 Å². The van der Waals surface area contributed by atoms with Gasteiger partial charge in [0.15, 0.2) is 17.7 Å². The molecule has 0 saturated heterocycles. The molecule has 7 atom stereocenters. The van der Waals surface area contributed by atoms with Crippen LogP contribution in [0.1, 0.15) is 40.7 Å². The Morgan fingerprint density at radius 3 is 2.32 bits per heavy atom. The minimum Gasteiger partial charge on any atom is -0.507 e. The van der Waals surface area contributed by atoms with Gasteiger partial charge < -0.3 is 31.3 Å². The van der Waals surface area contributed by atoms with E-state index in [1.165, 1.54) is 6.07 Å². The number of aliphatic hydroxyl groups is 4. The number of nitrogens with two attached hydrogens (primary N) is 1. The molecule has 0 bridgehead atoms. The molecular weight excluding hydrogens is 530 g/mol. The Balaban J connectivity index is 1.61. The van der Waals surface area contributed by atoms with Crippen molar-refractivity contribution in [3.8, 4) is 16.9 Å². The molecule has 10 nitrogen and oxygen atoms in total. The molecule has 7 N–H and O–H groups in total. The maximum absolute atomic E-state index is 13.9. The van der Waals surface area contributed by atoms with Crippen molar-refractivity contribution in [3.05, 3.63) is 70.8 Å². The Bertz CT molecular complexity index is 1730. The summed E-state index contributed by atoms with van der Waals surface area (Å²) in [5, 5.41) is 57.4. The van der Waals surface area contributed by atoms with Crippen LogP contribution in [0.3, 0.4) is 0 Å². The number of hydrogen-bond acceptors (Lipinski definition) is 9. The number of Topliss-reactive ketones (excluding diaryl/α,β-unsaturated/α-hetero) is 2. The summed E-state index contributed by atoms with van der Waals surface area (Å²) < 4.78 is 0. The number of aliphatic hydroxyl groups excluding tert-OH is 3. The van der Waals surface area contributed by atoms with Crippen LogP contribution in [-0.2, 0) is 14.4 Å². The van der Waals surface area contributed by atoms with Gasteiger partial charge >= 0.3 is 0 Å². The molecule has 0 radical (unpaired) electrons. The van der Waals surface area contributed by atoms with Gasteiger partial charge in [0, 0.05) is 23.0 Å². The molecule has 2 unspecified atom stereocenters. The van der Waals surface area contributed by atoms with Crippen molar-refractivity contribution in [1.29, 1.82) is 0 Å². The van der Waals surface area contributed by atoms with Crippen LogP contribution in [-0.4, -0.2) is 67.1 Å². The molecule has 3 aliphatic carbocycles. The summed E-state index contributed by atoms with van der Waals surface area (Å²) in [4.78, 5) is 50.8. The van der Waals surface area contributed by atoms with Crippen molar-refractivity contribution in [2.45, 2.75) is 37.1 Å². The lowest BCUT2D eigenvalue weighted by Crippen LogP contribution is -2.70. The minimum atomic E-state index is -2.91. The zero-order chi connectivity index (χ0) is 29.5. The Labute approximate surface area is 233 Å². The standard InChI is InChI=1S/C31H27NO9/c1-12-21-17(16-7-6-13(11-33)14-4-2-3-5-15(14)16)8-9-19(34)23(21)27(37)25-22(12)26(36)18-10-20(35)24(30(32)40)28(38)31(18,41)29(25)39/h2-9,11-12,18,20,22,24,26,34-37,41H,10H2,1H3,(H2,32,40)/t12-,18+,20?,22+,24?,26+,31+/m0/s1. The Morgan fingerprint density at radius 2 is 1.66 bits per heavy atom. The van der Waals surface area contributed by atoms with Crippen molar-refractivity contribution in [1.82, 2.24) is 0 Å². The number of rotatable bonds is 3. The fraction of sp³-hybridized carbons (Fsp3) is 0.290. The Kier molecular flexibility index (Phi) is 5.93. The molecule has 10 heteroatoms. The number of carbonyl (C=O) groups excluding carboxylic acids is 4. The number of phenols is 1. The molecule has 3 aromatic rings. The van der Waals surface area contributed by atoms with Crippen LogP contribution in [0, 0.1) is 17.8 Å². The van der Waals surface area contributed by atoms with Gasteiger partial charge in [0.2, 0.25) is 11.7 Å². The molecule has 0 aromatic heterocycles. The number of fused-ring (bicyclic) bond motifs is 4. The normalized spacial score (nSPS) is 30.9. The molecule has 1 amide bonds. The van der Waals surface area contributed by atoms with E-state index in [0.29, 0.717) is 27.6 Å². The van der Waals surface area contributed by atoms with Crippen molar-refractivity contribution in [2.24, 2.45) is 23.5 Å². The molecule has 2 fully saturated rings. The molecule has 3 aromatic carbocycles. The first-order chi connectivity index (χ1) is 19.4. The van der Waals surface area contributed by atoms with Crippen LogP contribution in [0.15, 0.2) is 54.1 Å². The molecule has 2 saturated carbocycles. The van der Waals surface area contributed by atoms with E-state index in [4.69, 9.17) is 5.73 Å². The summed E-state index contributed by atoms with van der Waals surface area (Å²) in [6.45, 7) is 1.69. The zero-order valence-electron chi connectivity index (χ0n) is 21.8. The minimum absolute atomic E-state index is 0.0952. The van der Waals surface area contributed by atoms with E-state index in [9.17, 15) is 44.7 Å². The lowest BCUT2D eigenvalue weighted by Gasteiger charge is -2.52. The van der Waals surface area contributed by atoms with Gasteiger partial charge in [-0.05, 0) is 45.9 Å². The highest BCUT2D eigenvalue weighted by atomic mass is 16.3. The van der Waals surface area contributed by atoms with Crippen LogP contribution in [0.4, 0.5) is 0 Å². The maximum Gasteiger partial charge on any atom is 0.230 e. The Morgan fingerprint density at radius 1 is 1.00 bits per heavy atom. The van der Waals surface area contributed by atoms with Gasteiger partial charge in [0.05, 0.1) is 17.8 Å². The zero-order valence-corrected chi connectivity index (χ0v) is 21.8. The van der Waals surface area contributed by atoms with E-state index < -0.39 is 76.7 Å². The van der Waals surface area contributed by atoms with E-state index in [1.807, 2.05) is 6.07 Å². The molecule has 0 heterocycles. The van der Waals surface area contributed by atoms with E-state index in [0.717, 1.165) is 11.7 Å².